The summed E-state index contributed by atoms with van der Waals surface area (Å²) in [6, 6.07) is 16.0. The highest BCUT2D eigenvalue weighted by molar-refractivity contribution is 6.38. The molecule has 0 aromatic heterocycles. The molecule has 5 nitrogen and oxygen atoms in total. The van der Waals surface area contributed by atoms with Gasteiger partial charge in [-0.05, 0) is 25.1 Å². The Morgan fingerprint density at radius 3 is 2.61 bits per heavy atom. The Morgan fingerprint density at radius 1 is 1.17 bits per heavy atom. The van der Waals surface area contributed by atoms with Crippen LogP contribution >= 0.6 is 11.6 Å². The minimum absolute atomic E-state index is 0.356. The van der Waals surface area contributed by atoms with Gasteiger partial charge >= 0.3 is 0 Å². The minimum atomic E-state index is -0.356. The van der Waals surface area contributed by atoms with Crippen LogP contribution < -0.4 is 5.43 Å². The van der Waals surface area contributed by atoms with E-state index in [4.69, 9.17) is 16.4 Å². The Hall–Kier alpha value is -2.66. The number of hydrogen-bond donors (Lipinski definition) is 1. The zero-order valence-electron chi connectivity index (χ0n) is 12.6. The summed E-state index contributed by atoms with van der Waals surface area (Å²) in [7, 11) is 0. The van der Waals surface area contributed by atoms with E-state index in [-0.39, 0.29) is 5.91 Å². The number of oxime groups is 1. The van der Waals surface area contributed by atoms with Gasteiger partial charge in [-0.3, -0.25) is 4.79 Å². The van der Waals surface area contributed by atoms with Crippen LogP contribution in [0.3, 0.4) is 0 Å². The quantitative estimate of drug-likeness (QED) is 0.651. The highest BCUT2D eigenvalue weighted by Crippen LogP contribution is 2.10. The molecular weight excluding hydrogens is 314 g/mol. The molecule has 0 fully saturated rings. The molecule has 0 aliphatic carbocycles. The number of carbonyl (C=O) groups excluding carboxylic acids is 1. The van der Waals surface area contributed by atoms with Gasteiger partial charge in [-0.1, -0.05) is 53.2 Å². The number of hydrazone groups is 1. The average Bonchev–Trinajstić information content (AvgIpc) is 2.58. The van der Waals surface area contributed by atoms with Crippen LogP contribution in [-0.2, 0) is 4.84 Å². The Kier molecular flexibility index (Phi) is 6.32. The summed E-state index contributed by atoms with van der Waals surface area (Å²) in [5, 5.41) is 8.41. The molecule has 118 valence electrons. The zero-order valence-corrected chi connectivity index (χ0v) is 13.3. The van der Waals surface area contributed by atoms with Crippen molar-refractivity contribution in [3.8, 4) is 0 Å². The summed E-state index contributed by atoms with van der Waals surface area (Å²) in [4.78, 5) is 17.1. The molecule has 0 atom stereocenters. The Bertz CT molecular complexity index is 715. The third-order valence-electron chi connectivity index (χ3n) is 2.81. The fourth-order valence-electron chi connectivity index (χ4n) is 1.74. The number of rotatable bonds is 6. The molecule has 0 spiro atoms. The fraction of sp³-hybridized carbons (Fsp3) is 0.118. The first-order chi connectivity index (χ1) is 11.2. The summed E-state index contributed by atoms with van der Waals surface area (Å²) in [5.41, 5.74) is 4.21. The first-order valence-electron chi connectivity index (χ1n) is 7.05. The van der Waals surface area contributed by atoms with Crippen LogP contribution in [-0.4, -0.2) is 24.4 Å². The average molecular weight is 330 g/mol. The lowest BCUT2D eigenvalue weighted by atomic mass is 10.1. The Morgan fingerprint density at radius 2 is 1.91 bits per heavy atom. The fourth-order valence-corrected chi connectivity index (χ4v) is 1.93. The summed E-state index contributed by atoms with van der Waals surface area (Å²) in [5.74, 6) is -0.356. The largest absolute Gasteiger partial charge is 0.396 e. The summed E-state index contributed by atoms with van der Waals surface area (Å²) >= 11 is 5.88. The number of benzene rings is 2. The smallest absolute Gasteiger partial charge is 0.271 e. The predicted molar refractivity (Wildman–Crippen MR) is 92.0 cm³/mol. The van der Waals surface area contributed by atoms with Gasteiger partial charge in [0.2, 0.25) is 0 Å². The van der Waals surface area contributed by atoms with Gasteiger partial charge in [0, 0.05) is 16.1 Å². The third-order valence-corrected chi connectivity index (χ3v) is 3.05. The maximum Gasteiger partial charge on any atom is 0.271 e. The van der Waals surface area contributed by atoms with Gasteiger partial charge in [0.15, 0.2) is 0 Å². The van der Waals surface area contributed by atoms with Crippen molar-refractivity contribution in [1.29, 1.82) is 0 Å². The van der Waals surface area contributed by atoms with E-state index in [1.165, 1.54) is 6.21 Å². The lowest BCUT2D eigenvalue weighted by Gasteiger charge is -2.04. The van der Waals surface area contributed by atoms with E-state index in [1.807, 2.05) is 37.3 Å². The molecule has 0 aliphatic heterocycles. The Balaban J connectivity index is 2.18. The van der Waals surface area contributed by atoms with Crippen molar-refractivity contribution in [2.45, 2.75) is 6.92 Å². The van der Waals surface area contributed by atoms with E-state index in [2.05, 4.69) is 15.7 Å². The van der Waals surface area contributed by atoms with Crippen molar-refractivity contribution >= 4 is 29.4 Å². The third kappa shape index (κ3) is 5.23. The monoisotopic (exact) mass is 329 g/mol. The van der Waals surface area contributed by atoms with Gasteiger partial charge in [0.05, 0.1) is 6.21 Å². The van der Waals surface area contributed by atoms with Crippen LogP contribution in [0.2, 0.25) is 5.02 Å². The lowest BCUT2D eigenvalue weighted by Crippen LogP contribution is -2.20. The second-order valence-electron chi connectivity index (χ2n) is 4.47. The van der Waals surface area contributed by atoms with Crippen molar-refractivity contribution in [3.05, 3.63) is 70.7 Å². The molecule has 0 heterocycles. The SMILES string of the molecule is CCON=CC(=NNC(=O)c1cccc(Cl)c1)c1ccccc1. The number of carbonyl (C=O) groups is 1. The second kappa shape index (κ2) is 8.70. The molecule has 0 bridgehead atoms. The van der Waals surface area contributed by atoms with E-state index in [0.29, 0.717) is 22.9 Å². The van der Waals surface area contributed by atoms with Crippen molar-refractivity contribution in [2.75, 3.05) is 6.61 Å². The standard InChI is InChI=1S/C17H16ClN3O2/c1-2-23-19-12-16(13-7-4-3-5-8-13)20-21-17(22)14-9-6-10-15(18)11-14/h3-12H,2H2,1H3,(H,21,22). The second-order valence-corrected chi connectivity index (χ2v) is 4.90. The zero-order chi connectivity index (χ0) is 16.5. The highest BCUT2D eigenvalue weighted by atomic mass is 35.5. The van der Waals surface area contributed by atoms with E-state index in [0.717, 1.165) is 5.56 Å². The van der Waals surface area contributed by atoms with Gasteiger partial charge in [0.25, 0.3) is 5.91 Å². The molecule has 0 radical (unpaired) electrons. The molecule has 2 rings (SSSR count). The van der Waals surface area contributed by atoms with Crippen LogP contribution in [0.25, 0.3) is 0 Å². The summed E-state index contributed by atoms with van der Waals surface area (Å²) in [6.07, 6.45) is 1.46. The molecule has 2 aromatic rings. The first-order valence-corrected chi connectivity index (χ1v) is 7.43. The molecule has 0 aliphatic rings. The molecule has 1 amide bonds. The summed E-state index contributed by atoms with van der Waals surface area (Å²) in [6.45, 7) is 2.28. The lowest BCUT2D eigenvalue weighted by molar-refractivity contribution is 0.0955. The van der Waals surface area contributed by atoms with Crippen LogP contribution in [0.1, 0.15) is 22.8 Å². The van der Waals surface area contributed by atoms with Gasteiger partial charge < -0.3 is 4.84 Å². The van der Waals surface area contributed by atoms with Crippen LogP contribution in [0, 0.1) is 0 Å². The predicted octanol–water partition coefficient (Wildman–Crippen LogP) is 3.50. The van der Waals surface area contributed by atoms with Crippen molar-refractivity contribution in [1.82, 2.24) is 5.43 Å². The molecule has 0 saturated carbocycles. The van der Waals surface area contributed by atoms with Gasteiger partial charge in [-0.15, -0.1) is 0 Å². The molecule has 0 unspecified atom stereocenters. The van der Waals surface area contributed by atoms with Crippen LogP contribution in [0.5, 0.6) is 0 Å². The van der Waals surface area contributed by atoms with Crippen LogP contribution in [0.15, 0.2) is 64.9 Å². The van der Waals surface area contributed by atoms with Crippen molar-refractivity contribution < 1.29 is 9.63 Å². The van der Waals surface area contributed by atoms with Crippen molar-refractivity contribution in [2.24, 2.45) is 10.3 Å². The molecule has 23 heavy (non-hydrogen) atoms. The van der Waals surface area contributed by atoms with Crippen LogP contribution in [0.4, 0.5) is 0 Å². The molecule has 2 aromatic carbocycles. The molecular formula is C17H16ClN3O2. The van der Waals surface area contributed by atoms with E-state index in [9.17, 15) is 4.79 Å². The first kappa shape index (κ1) is 16.7. The maximum atomic E-state index is 12.1. The number of hydrogen-bond acceptors (Lipinski definition) is 4. The number of amides is 1. The number of halogens is 1. The normalized spacial score (nSPS) is 11.5. The van der Waals surface area contributed by atoms with E-state index < -0.39 is 0 Å². The topological polar surface area (TPSA) is 63.1 Å². The summed E-state index contributed by atoms with van der Waals surface area (Å²) < 4.78 is 0. The molecule has 1 N–H and O–H groups in total. The van der Waals surface area contributed by atoms with Gasteiger partial charge in [-0.25, -0.2) is 5.43 Å². The number of nitrogens with one attached hydrogen (secondary N) is 1. The number of nitrogens with zero attached hydrogens (tertiary/aromatic N) is 2. The molecule has 6 heteroatoms. The molecule has 0 saturated heterocycles. The maximum absolute atomic E-state index is 12.1. The minimum Gasteiger partial charge on any atom is -0.396 e. The Labute approximate surface area is 139 Å². The highest BCUT2D eigenvalue weighted by Gasteiger charge is 2.06. The van der Waals surface area contributed by atoms with E-state index in [1.54, 1.807) is 24.3 Å². The van der Waals surface area contributed by atoms with Crippen molar-refractivity contribution in [3.63, 3.8) is 0 Å². The van der Waals surface area contributed by atoms with Gasteiger partial charge in [-0.2, -0.15) is 5.10 Å². The van der Waals surface area contributed by atoms with E-state index >= 15 is 0 Å². The van der Waals surface area contributed by atoms with Gasteiger partial charge in [0.1, 0.15) is 12.3 Å².